The lowest BCUT2D eigenvalue weighted by Gasteiger charge is -2.42. The number of azide groups is 1. The van der Waals surface area contributed by atoms with Gasteiger partial charge in [-0.15, -0.1) is 0 Å². The van der Waals surface area contributed by atoms with E-state index in [0.29, 0.717) is 0 Å². The molecule has 0 bridgehead atoms. The van der Waals surface area contributed by atoms with Crippen molar-refractivity contribution < 1.29 is 33.3 Å². The van der Waals surface area contributed by atoms with E-state index in [1.807, 2.05) is 0 Å². The molecule has 0 aliphatic carbocycles. The standard InChI is InChI=1S/C12H16BrN3O7/c1-5(17)20-9-8(4-15-16-14)23-12(13)11(22-7(3)19)10(9)21-6(2)18/h8-12H,4H2,1-3H3. The average molecular weight is 394 g/mol. The first-order chi connectivity index (χ1) is 10.8. The zero-order chi connectivity index (χ0) is 17.6. The fraction of sp³-hybridized carbons (Fsp3) is 0.750. The van der Waals surface area contributed by atoms with Crippen LogP contribution in [0.1, 0.15) is 20.8 Å². The van der Waals surface area contributed by atoms with Crippen molar-refractivity contribution >= 4 is 33.8 Å². The number of nitrogens with zero attached hydrogens (tertiary/aromatic N) is 3. The van der Waals surface area contributed by atoms with Gasteiger partial charge in [0.1, 0.15) is 6.10 Å². The van der Waals surface area contributed by atoms with E-state index < -0.39 is 47.3 Å². The maximum absolute atomic E-state index is 11.4. The molecule has 0 spiro atoms. The summed E-state index contributed by atoms with van der Waals surface area (Å²) < 4.78 is 20.9. The van der Waals surface area contributed by atoms with Crippen molar-refractivity contribution in [3.05, 3.63) is 10.4 Å². The van der Waals surface area contributed by atoms with Crippen molar-refractivity contribution in [1.82, 2.24) is 0 Å². The molecule has 5 unspecified atom stereocenters. The second-order valence-corrected chi connectivity index (χ2v) is 5.56. The summed E-state index contributed by atoms with van der Waals surface area (Å²) in [6.07, 6.45) is -4.13. The minimum atomic E-state index is -1.11. The highest BCUT2D eigenvalue weighted by atomic mass is 79.9. The summed E-state index contributed by atoms with van der Waals surface area (Å²) >= 11 is 3.17. The van der Waals surface area contributed by atoms with E-state index in [4.69, 9.17) is 24.5 Å². The van der Waals surface area contributed by atoms with E-state index in [0.717, 1.165) is 13.8 Å². The Hall–Kier alpha value is -1.84. The highest BCUT2D eigenvalue weighted by molar-refractivity contribution is 9.09. The Morgan fingerprint density at radius 1 is 1.04 bits per heavy atom. The van der Waals surface area contributed by atoms with Crippen molar-refractivity contribution in [1.29, 1.82) is 0 Å². The molecule has 11 heteroatoms. The maximum atomic E-state index is 11.4. The number of hydrogen-bond donors (Lipinski definition) is 0. The van der Waals surface area contributed by atoms with Gasteiger partial charge in [-0.3, -0.25) is 14.4 Å². The van der Waals surface area contributed by atoms with Crippen LogP contribution in [0, 0.1) is 0 Å². The highest BCUT2D eigenvalue weighted by Gasteiger charge is 2.50. The summed E-state index contributed by atoms with van der Waals surface area (Å²) in [6.45, 7) is 3.34. The van der Waals surface area contributed by atoms with E-state index in [9.17, 15) is 14.4 Å². The van der Waals surface area contributed by atoms with E-state index >= 15 is 0 Å². The number of esters is 3. The van der Waals surface area contributed by atoms with Crippen LogP contribution in [-0.4, -0.2) is 53.9 Å². The van der Waals surface area contributed by atoms with Gasteiger partial charge in [-0.2, -0.15) is 0 Å². The molecule has 10 nitrogen and oxygen atoms in total. The molecule has 0 aromatic carbocycles. The Morgan fingerprint density at radius 2 is 1.52 bits per heavy atom. The van der Waals surface area contributed by atoms with Gasteiger partial charge in [0.2, 0.25) is 0 Å². The first kappa shape index (κ1) is 19.2. The van der Waals surface area contributed by atoms with Gasteiger partial charge in [0.25, 0.3) is 0 Å². The molecule has 1 aliphatic heterocycles. The minimum Gasteiger partial charge on any atom is -0.456 e. The van der Waals surface area contributed by atoms with E-state index in [2.05, 4.69) is 26.0 Å². The predicted molar refractivity (Wildman–Crippen MR) is 78.3 cm³/mol. The fourth-order valence-electron chi connectivity index (χ4n) is 2.11. The monoisotopic (exact) mass is 393 g/mol. The van der Waals surface area contributed by atoms with Crippen molar-refractivity contribution in [3.63, 3.8) is 0 Å². The summed E-state index contributed by atoms with van der Waals surface area (Å²) in [5.41, 5.74) is 8.44. The van der Waals surface area contributed by atoms with Gasteiger partial charge >= 0.3 is 17.9 Å². The van der Waals surface area contributed by atoms with Gasteiger partial charge in [0.05, 0.1) is 6.54 Å². The van der Waals surface area contributed by atoms with Crippen LogP contribution in [0.5, 0.6) is 0 Å². The predicted octanol–water partition coefficient (Wildman–Crippen LogP) is 1.21. The molecule has 0 saturated carbocycles. The number of ether oxygens (including phenoxy) is 4. The molecule has 23 heavy (non-hydrogen) atoms. The third-order valence-electron chi connectivity index (χ3n) is 2.81. The van der Waals surface area contributed by atoms with Gasteiger partial charge in [0.15, 0.2) is 23.3 Å². The molecule has 1 aliphatic rings. The summed E-state index contributed by atoms with van der Waals surface area (Å²) in [5, 5.41) is 2.54. The van der Waals surface area contributed by atoms with Crippen LogP contribution in [0.15, 0.2) is 5.11 Å². The van der Waals surface area contributed by atoms with Gasteiger partial charge in [0, 0.05) is 25.7 Å². The summed E-state index contributed by atoms with van der Waals surface area (Å²) in [7, 11) is 0. The Kier molecular flexibility index (Phi) is 7.27. The van der Waals surface area contributed by atoms with Crippen molar-refractivity contribution in [3.8, 4) is 0 Å². The zero-order valence-electron chi connectivity index (χ0n) is 12.7. The van der Waals surface area contributed by atoms with Gasteiger partial charge < -0.3 is 18.9 Å². The van der Waals surface area contributed by atoms with E-state index in [-0.39, 0.29) is 6.54 Å². The lowest BCUT2D eigenvalue weighted by atomic mass is 9.99. The summed E-state index contributed by atoms with van der Waals surface area (Å²) in [4.78, 5) is 36.6. The van der Waals surface area contributed by atoms with Crippen LogP contribution in [0.4, 0.5) is 0 Å². The largest absolute Gasteiger partial charge is 0.456 e. The third kappa shape index (κ3) is 5.70. The number of alkyl halides is 1. The molecule has 1 saturated heterocycles. The lowest BCUT2D eigenvalue weighted by Crippen LogP contribution is -2.60. The normalized spacial score (nSPS) is 29.8. The Labute approximate surface area is 140 Å². The molecule has 0 N–H and O–H groups in total. The molecule has 1 heterocycles. The smallest absolute Gasteiger partial charge is 0.303 e. The Bertz CT molecular complexity index is 523. The number of carbonyl (C=O) groups excluding carboxylic acids is 3. The van der Waals surface area contributed by atoms with Crippen LogP contribution in [-0.2, 0) is 33.3 Å². The fourth-order valence-corrected chi connectivity index (χ4v) is 2.79. The molecule has 1 rings (SSSR count). The molecule has 0 amide bonds. The number of hydrogen-bond acceptors (Lipinski definition) is 8. The first-order valence-electron chi connectivity index (χ1n) is 6.58. The second kappa shape index (κ2) is 8.70. The average Bonchev–Trinajstić information content (AvgIpc) is 2.42. The number of rotatable bonds is 5. The summed E-state index contributed by atoms with van der Waals surface area (Å²) in [5.74, 6) is -1.94. The van der Waals surface area contributed by atoms with Crippen molar-refractivity contribution in [2.75, 3.05) is 6.54 Å². The SMILES string of the molecule is CC(=O)OC1C(Br)OC(CN=[N+]=[N-])C(OC(C)=O)C1OC(C)=O. The van der Waals surface area contributed by atoms with Gasteiger partial charge in [-0.25, -0.2) is 0 Å². The molecular formula is C12H16BrN3O7. The molecule has 128 valence electrons. The van der Waals surface area contributed by atoms with Crippen molar-refractivity contribution in [2.45, 2.75) is 50.2 Å². The van der Waals surface area contributed by atoms with Gasteiger partial charge in [-0.05, 0) is 5.53 Å². The molecular weight excluding hydrogens is 378 g/mol. The summed E-state index contributed by atoms with van der Waals surface area (Å²) in [6, 6.07) is 0. The van der Waals surface area contributed by atoms with E-state index in [1.165, 1.54) is 6.92 Å². The van der Waals surface area contributed by atoms with Crippen molar-refractivity contribution in [2.24, 2.45) is 5.11 Å². The van der Waals surface area contributed by atoms with Crippen LogP contribution < -0.4 is 0 Å². The molecule has 0 aromatic rings. The number of halogens is 1. The molecule has 1 fully saturated rings. The Morgan fingerprint density at radius 3 is 2.00 bits per heavy atom. The number of carbonyl (C=O) groups is 3. The van der Waals surface area contributed by atoms with Crippen LogP contribution in [0.25, 0.3) is 10.4 Å². The quantitative estimate of drug-likeness (QED) is 0.171. The zero-order valence-corrected chi connectivity index (χ0v) is 14.3. The topological polar surface area (TPSA) is 137 Å². The molecule has 5 atom stereocenters. The Balaban J connectivity index is 3.15. The lowest BCUT2D eigenvalue weighted by molar-refractivity contribution is -0.229. The minimum absolute atomic E-state index is 0.166. The third-order valence-corrected chi connectivity index (χ3v) is 3.54. The first-order valence-corrected chi connectivity index (χ1v) is 7.49. The van der Waals surface area contributed by atoms with Crippen LogP contribution >= 0.6 is 15.9 Å². The second-order valence-electron chi connectivity index (χ2n) is 4.66. The van der Waals surface area contributed by atoms with Crippen LogP contribution in [0.2, 0.25) is 0 Å². The maximum Gasteiger partial charge on any atom is 0.303 e. The van der Waals surface area contributed by atoms with E-state index in [1.54, 1.807) is 0 Å². The molecule has 0 radical (unpaired) electrons. The molecule has 0 aromatic heterocycles. The van der Waals surface area contributed by atoms with Gasteiger partial charge in [-0.1, -0.05) is 21.0 Å². The van der Waals surface area contributed by atoms with Crippen LogP contribution in [0.3, 0.4) is 0 Å². The highest BCUT2D eigenvalue weighted by Crippen LogP contribution is 2.31.